The topological polar surface area (TPSA) is 63.0 Å². The Kier molecular flexibility index (Phi) is 2.59. The molecule has 0 aliphatic carbocycles. The van der Waals surface area contributed by atoms with Gasteiger partial charge in [-0.15, -0.1) is 5.53 Å². The lowest BCUT2D eigenvalue weighted by atomic mass is 9.77. The van der Waals surface area contributed by atoms with Crippen LogP contribution < -0.4 is 11.4 Å². The maximum atomic E-state index is 6.03. The van der Waals surface area contributed by atoms with Crippen LogP contribution in [0.1, 0.15) is 27.7 Å². The summed E-state index contributed by atoms with van der Waals surface area (Å²) in [4.78, 5) is 0. The van der Waals surface area contributed by atoms with Crippen molar-refractivity contribution in [3.8, 4) is 0 Å². The summed E-state index contributed by atoms with van der Waals surface area (Å²) in [5.74, 6) is 5.66. The molecule has 3 heterocycles. The number of hydrazine groups is 3. The Balaban J connectivity index is 1.84. The monoisotopic (exact) mass is 262 g/mol. The van der Waals surface area contributed by atoms with Crippen LogP contribution in [0.2, 0.25) is 0 Å². The number of fused-ring (bicyclic) bond motifs is 1. The fourth-order valence-electron chi connectivity index (χ4n) is 2.15. The molecule has 0 spiro atoms. The van der Waals surface area contributed by atoms with Crippen molar-refractivity contribution in [2.24, 2.45) is 5.84 Å². The molecule has 3 N–H and O–H groups in total. The molecular weight excluding hydrogens is 243 g/mol. The van der Waals surface area contributed by atoms with Crippen molar-refractivity contribution in [2.75, 3.05) is 0 Å². The zero-order valence-corrected chi connectivity index (χ0v) is 11.7. The molecule has 19 heavy (non-hydrogen) atoms. The van der Waals surface area contributed by atoms with Gasteiger partial charge in [-0.3, -0.25) is 5.01 Å². The maximum Gasteiger partial charge on any atom is 0.494 e. The molecule has 0 amide bonds. The summed E-state index contributed by atoms with van der Waals surface area (Å²) in [5.41, 5.74) is 4.22. The fraction of sp³-hybridized carbons (Fsp3) is 0.500. The van der Waals surface area contributed by atoms with Gasteiger partial charge < -0.3 is 9.31 Å². The molecule has 1 saturated heterocycles. The van der Waals surface area contributed by atoms with E-state index in [1.165, 1.54) is 5.12 Å². The summed E-state index contributed by atoms with van der Waals surface area (Å²) in [7, 11) is -0.351. The van der Waals surface area contributed by atoms with Crippen molar-refractivity contribution in [2.45, 2.75) is 38.9 Å². The number of nitrogens with zero attached hydrogens (tertiary/aromatic N) is 2. The van der Waals surface area contributed by atoms with Crippen molar-refractivity contribution in [1.29, 1.82) is 0 Å². The Morgan fingerprint density at radius 2 is 1.84 bits per heavy atom. The number of nitrogens with one attached hydrogen (secondary N) is 1. The number of hydrogen-bond donors (Lipinski definition) is 2. The first kappa shape index (κ1) is 12.7. The molecule has 1 fully saturated rings. The predicted octanol–water partition coefficient (Wildman–Crippen LogP) is 0.824. The molecule has 3 aliphatic rings. The highest BCUT2D eigenvalue weighted by Gasteiger charge is 2.52. The third-order valence-electron chi connectivity index (χ3n) is 4.03. The molecule has 0 unspecified atom stereocenters. The molecule has 7 heteroatoms. The molecule has 0 bridgehead atoms. The molecule has 0 atom stereocenters. The first-order valence-corrected chi connectivity index (χ1v) is 6.35. The number of rotatable bonds is 1. The molecule has 102 valence electrons. The van der Waals surface area contributed by atoms with E-state index in [0.717, 1.165) is 11.2 Å². The van der Waals surface area contributed by atoms with Gasteiger partial charge in [-0.25, -0.2) is 11.0 Å². The highest BCUT2D eigenvalue weighted by Crippen LogP contribution is 2.39. The van der Waals surface area contributed by atoms with Gasteiger partial charge in [0.1, 0.15) is 0 Å². The molecule has 0 saturated carbocycles. The number of allylic oxidation sites excluding steroid dienone is 3. The normalized spacial score (nSPS) is 27.5. The van der Waals surface area contributed by atoms with Gasteiger partial charge in [0.05, 0.1) is 23.1 Å². The summed E-state index contributed by atoms with van der Waals surface area (Å²) in [6, 6.07) is 0. The molecular formula is C12H19BN4O2. The van der Waals surface area contributed by atoms with Crippen LogP contribution in [-0.4, -0.2) is 28.4 Å². The van der Waals surface area contributed by atoms with Crippen LogP contribution in [0.15, 0.2) is 35.7 Å². The smallest absolute Gasteiger partial charge is 0.399 e. The van der Waals surface area contributed by atoms with E-state index >= 15 is 0 Å². The largest absolute Gasteiger partial charge is 0.494 e. The fourth-order valence-corrected chi connectivity index (χ4v) is 2.15. The minimum atomic E-state index is -0.351. The standard InChI is InChI=1S/C12H19BN4O2/c1-11(2)12(3,4)19-13(18-11)9-5-6-16-10(7-9)8-17(14)15-16/h5-8,15H,14H2,1-4H3. The highest BCUT2D eigenvalue weighted by atomic mass is 16.7. The predicted molar refractivity (Wildman–Crippen MR) is 72.4 cm³/mol. The van der Waals surface area contributed by atoms with E-state index in [-0.39, 0.29) is 18.3 Å². The van der Waals surface area contributed by atoms with Crippen LogP contribution in [0.4, 0.5) is 0 Å². The summed E-state index contributed by atoms with van der Waals surface area (Å²) in [5, 5.41) is 3.23. The van der Waals surface area contributed by atoms with E-state index in [2.05, 4.69) is 5.53 Å². The third kappa shape index (κ3) is 1.99. The summed E-state index contributed by atoms with van der Waals surface area (Å²) >= 11 is 0. The number of nitrogens with two attached hydrogens (primary N) is 1. The van der Waals surface area contributed by atoms with Crippen molar-refractivity contribution >= 4 is 7.12 Å². The van der Waals surface area contributed by atoms with Crippen LogP contribution in [-0.2, 0) is 9.31 Å². The maximum absolute atomic E-state index is 6.03. The molecule has 0 aromatic carbocycles. The molecule has 0 aromatic rings. The van der Waals surface area contributed by atoms with Gasteiger partial charge in [-0.2, -0.15) is 0 Å². The lowest BCUT2D eigenvalue weighted by Crippen LogP contribution is -2.42. The molecule has 0 radical (unpaired) electrons. The Bertz CT molecular complexity index is 482. The first-order valence-electron chi connectivity index (χ1n) is 6.35. The first-order chi connectivity index (χ1) is 8.78. The van der Waals surface area contributed by atoms with Crippen LogP contribution in [0.3, 0.4) is 0 Å². The average molecular weight is 262 g/mol. The Morgan fingerprint density at radius 1 is 1.21 bits per heavy atom. The Labute approximate surface area is 113 Å². The van der Waals surface area contributed by atoms with Crippen molar-refractivity contribution < 1.29 is 9.31 Å². The van der Waals surface area contributed by atoms with Crippen molar-refractivity contribution in [3.63, 3.8) is 0 Å². The van der Waals surface area contributed by atoms with E-state index in [0.29, 0.717) is 0 Å². The van der Waals surface area contributed by atoms with Gasteiger partial charge in [0.15, 0.2) is 0 Å². The van der Waals surface area contributed by atoms with Gasteiger partial charge in [0.25, 0.3) is 0 Å². The lowest BCUT2D eigenvalue weighted by Gasteiger charge is -2.32. The molecule has 3 aliphatic heterocycles. The van der Waals surface area contributed by atoms with Crippen molar-refractivity contribution in [3.05, 3.63) is 35.7 Å². The summed E-state index contributed by atoms with van der Waals surface area (Å²) in [6.07, 6.45) is 7.67. The van der Waals surface area contributed by atoms with Crippen LogP contribution in [0.25, 0.3) is 0 Å². The second kappa shape index (κ2) is 3.86. The zero-order valence-electron chi connectivity index (χ0n) is 11.7. The van der Waals surface area contributed by atoms with Crippen LogP contribution in [0.5, 0.6) is 0 Å². The van der Waals surface area contributed by atoms with Gasteiger partial charge in [-0.05, 0) is 45.3 Å². The zero-order chi connectivity index (χ0) is 13.8. The second-order valence-electron chi connectivity index (χ2n) is 5.98. The minimum absolute atomic E-state index is 0.328. The second-order valence-corrected chi connectivity index (χ2v) is 5.98. The van der Waals surface area contributed by atoms with E-state index < -0.39 is 0 Å². The lowest BCUT2D eigenvalue weighted by molar-refractivity contribution is 0.00578. The van der Waals surface area contributed by atoms with Gasteiger partial charge in [-0.1, -0.05) is 0 Å². The third-order valence-corrected chi connectivity index (χ3v) is 4.03. The van der Waals surface area contributed by atoms with Gasteiger partial charge >= 0.3 is 7.12 Å². The van der Waals surface area contributed by atoms with Crippen LogP contribution >= 0.6 is 0 Å². The Morgan fingerprint density at radius 3 is 2.47 bits per heavy atom. The molecule has 0 aromatic heterocycles. The van der Waals surface area contributed by atoms with Crippen LogP contribution in [0, 0.1) is 0 Å². The van der Waals surface area contributed by atoms with E-state index in [1.807, 2.05) is 51.1 Å². The summed E-state index contributed by atoms with van der Waals surface area (Å²) < 4.78 is 12.1. The van der Waals surface area contributed by atoms with Crippen molar-refractivity contribution in [1.82, 2.24) is 15.7 Å². The quantitative estimate of drug-likeness (QED) is 0.539. The molecule has 6 nitrogen and oxygen atoms in total. The highest BCUT2D eigenvalue weighted by molar-refractivity contribution is 6.55. The minimum Gasteiger partial charge on any atom is -0.399 e. The van der Waals surface area contributed by atoms with Gasteiger partial charge in [0, 0.05) is 6.20 Å². The SMILES string of the molecule is CC1(C)OB(C2=CC3=CN(N)NN3C=C2)OC1(C)C. The van der Waals surface area contributed by atoms with Gasteiger partial charge in [0.2, 0.25) is 0 Å². The Hall–Kier alpha value is -1.28. The van der Waals surface area contributed by atoms with E-state index in [4.69, 9.17) is 15.2 Å². The average Bonchev–Trinajstić information content (AvgIpc) is 2.74. The summed E-state index contributed by atoms with van der Waals surface area (Å²) in [6.45, 7) is 8.18. The van der Waals surface area contributed by atoms with E-state index in [9.17, 15) is 0 Å². The molecule has 3 rings (SSSR count). The number of hydrogen-bond acceptors (Lipinski definition) is 6. The van der Waals surface area contributed by atoms with E-state index in [1.54, 1.807) is 6.20 Å².